The van der Waals surface area contributed by atoms with E-state index in [0.29, 0.717) is 29.3 Å². The minimum atomic E-state index is -2.71. The van der Waals surface area contributed by atoms with Crippen LogP contribution < -0.4 is 0 Å². The molecule has 1 heterocycles. The van der Waals surface area contributed by atoms with Gasteiger partial charge in [0.25, 0.3) is 0 Å². The Morgan fingerprint density at radius 2 is 1.35 bits per heavy atom. The van der Waals surface area contributed by atoms with E-state index < -0.39 is 109 Å². The van der Waals surface area contributed by atoms with Gasteiger partial charge in [0.05, 0.1) is 29.6 Å². The SMILES string of the molecule is CC[Si](CC)(CC)O[C@H]1C[C@H]2OC[C@@]2(OC(C)=O)[C@H]2[C@H](OC(=O)c3ccccc3)[C@]3(O)C[C@H](OC(=O)C(=[N+]=[N-])/C(=N/OCc4ccccc4)c4ccccc4)C(C)=C([C@@H](OC(=O)OCc4ccccc4)C(=O)[C@]12C)C3(C)C. The van der Waals surface area contributed by atoms with Gasteiger partial charge >= 0.3 is 29.8 Å². The third kappa shape index (κ3) is 10.6. The normalized spacial score (nSPS) is 27.4. The maximum atomic E-state index is 16.8. The smallest absolute Gasteiger partial charge is 0.455 e. The van der Waals surface area contributed by atoms with Crippen LogP contribution in [0.3, 0.4) is 0 Å². The molecule has 3 aliphatic carbocycles. The number of esters is 3. The first-order valence-electron chi connectivity index (χ1n) is 26.2. The lowest BCUT2D eigenvalue weighted by molar-refractivity contribution is -0.344. The second kappa shape index (κ2) is 22.9. The molecule has 1 N–H and O–H groups in total. The molecule has 17 nitrogen and oxygen atoms in total. The van der Waals surface area contributed by atoms with E-state index in [4.69, 9.17) is 37.7 Å². The fourth-order valence-corrected chi connectivity index (χ4v) is 15.0. The monoisotopic (exact) mass is 1070 g/mol. The highest BCUT2D eigenvalue weighted by Gasteiger charge is 2.79. The van der Waals surface area contributed by atoms with Crippen LogP contribution in [0.1, 0.15) is 95.3 Å². The van der Waals surface area contributed by atoms with Gasteiger partial charge in [0.15, 0.2) is 25.8 Å². The van der Waals surface area contributed by atoms with Crippen molar-refractivity contribution < 1.29 is 71.6 Å². The molecule has 0 radical (unpaired) electrons. The zero-order chi connectivity index (χ0) is 55.3. The summed E-state index contributed by atoms with van der Waals surface area (Å²) in [7, 11) is -2.71. The molecule has 77 heavy (non-hydrogen) atoms. The summed E-state index contributed by atoms with van der Waals surface area (Å²) >= 11 is 0. The Labute approximate surface area is 449 Å². The van der Waals surface area contributed by atoms with Crippen molar-refractivity contribution in [2.75, 3.05) is 6.61 Å². The number of fused-ring (bicyclic) bond motifs is 5. The van der Waals surface area contributed by atoms with Gasteiger partial charge in [-0.3, -0.25) is 9.59 Å². The van der Waals surface area contributed by atoms with Gasteiger partial charge in [-0.05, 0) is 66.4 Å². The highest BCUT2D eigenvalue weighted by atomic mass is 28.4. The first-order chi connectivity index (χ1) is 36.8. The Morgan fingerprint density at radius 1 is 0.792 bits per heavy atom. The lowest BCUT2D eigenvalue weighted by Crippen LogP contribution is -2.82. The van der Waals surface area contributed by atoms with Crippen LogP contribution in [0.4, 0.5) is 4.79 Å². The molecule has 0 amide bonds. The summed E-state index contributed by atoms with van der Waals surface area (Å²) in [5.41, 5.74) is 3.98. The maximum absolute atomic E-state index is 16.8. The summed E-state index contributed by atoms with van der Waals surface area (Å²) in [5.74, 6) is -5.09. The summed E-state index contributed by atoms with van der Waals surface area (Å²) in [6.07, 6.45) is -8.96. The molecule has 0 aromatic heterocycles. The number of ether oxygens (including phenoxy) is 6. The van der Waals surface area contributed by atoms with E-state index in [9.17, 15) is 29.8 Å². The molecule has 0 spiro atoms. The maximum Gasteiger partial charge on any atom is 0.509 e. The Balaban J connectivity index is 1.34. The van der Waals surface area contributed by atoms with Crippen molar-refractivity contribution in [2.45, 2.75) is 141 Å². The van der Waals surface area contributed by atoms with Crippen LogP contribution in [0.5, 0.6) is 0 Å². The number of carbonyl (C=O) groups excluding carboxylic acids is 5. The minimum absolute atomic E-state index is 0.00836. The molecular weight excluding hydrogens is 1000 g/mol. The average Bonchev–Trinajstić information content (AvgIpc) is 3.39. The standard InChI is InChI=1S/C59H67N3O14Si/c1-9-77(10-2,11-3)76-44-32-45-58(36-70-45,75-38(5)63)50-52(74-53(65)42-30-22-15-23-31-42)59(68)33-43(72-54(66)48(61-60)47(41-28-20-14-21-29-41)62-71-35-40-26-18-13-19-27-40)37(4)46(56(59,6)7)49(51(64)57(44,50)8)73-55(67)69-34-39-24-16-12-17-25-39/h12-31,43-45,49-50,52,68H,9-11,32-36H2,1-8H3/b62-47+/t43-,44-,45+,49+,50-,52-,57+,58-,59+/m0/s1. The highest BCUT2D eigenvalue weighted by Crippen LogP contribution is 2.65. The van der Waals surface area contributed by atoms with Crippen LogP contribution in [0.15, 0.2) is 138 Å². The number of rotatable bonds is 18. The molecule has 2 bridgehead atoms. The van der Waals surface area contributed by atoms with Crippen LogP contribution >= 0.6 is 0 Å². The van der Waals surface area contributed by atoms with Crippen LogP contribution in [-0.2, 0) is 65.3 Å². The number of carbonyl (C=O) groups is 5. The van der Waals surface area contributed by atoms with Crippen molar-refractivity contribution in [1.82, 2.24) is 0 Å². The lowest BCUT2D eigenvalue weighted by Gasteiger charge is -2.68. The first-order valence-corrected chi connectivity index (χ1v) is 28.7. The summed E-state index contributed by atoms with van der Waals surface area (Å²) in [6.45, 7) is 13.3. The van der Waals surface area contributed by atoms with Gasteiger partial charge in [-0.2, -0.15) is 4.79 Å². The third-order valence-electron chi connectivity index (χ3n) is 16.6. The predicted molar refractivity (Wildman–Crippen MR) is 283 cm³/mol. The van der Waals surface area contributed by atoms with Gasteiger partial charge in [0.1, 0.15) is 37.1 Å². The number of Topliss-reactive ketones (excluding diaryl/α,β-unsaturated/α-hetero) is 1. The van der Waals surface area contributed by atoms with Crippen molar-refractivity contribution in [3.63, 3.8) is 0 Å². The van der Waals surface area contributed by atoms with Crippen LogP contribution in [0.2, 0.25) is 18.1 Å². The molecule has 9 atom stereocenters. The summed E-state index contributed by atoms with van der Waals surface area (Å²) in [5, 5.41) is 18.6. The van der Waals surface area contributed by atoms with E-state index in [0.717, 1.165) is 5.56 Å². The lowest BCUT2D eigenvalue weighted by atomic mass is 9.44. The third-order valence-corrected chi connectivity index (χ3v) is 21.3. The number of benzene rings is 4. The molecule has 8 rings (SSSR count). The van der Waals surface area contributed by atoms with Crippen molar-refractivity contribution in [1.29, 1.82) is 0 Å². The zero-order valence-corrected chi connectivity index (χ0v) is 45.8. The van der Waals surface area contributed by atoms with Crippen molar-refractivity contribution in [2.24, 2.45) is 21.9 Å². The van der Waals surface area contributed by atoms with Gasteiger partial charge < -0.3 is 48.3 Å². The van der Waals surface area contributed by atoms with E-state index in [1.807, 2.05) is 57.2 Å². The van der Waals surface area contributed by atoms with Gasteiger partial charge in [0.2, 0.25) is 5.71 Å². The molecule has 1 aliphatic heterocycles. The van der Waals surface area contributed by atoms with E-state index in [1.165, 1.54) is 19.1 Å². The van der Waals surface area contributed by atoms with E-state index in [2.05, 4.69) is 9.95 Å². The molecule has 1 saturated heterocycles. The molecule has 4 aromatic rings. The van der Waals surface area contributed by atoms with Crippen molar-refractivity contribution in [3.8, 4) is 0 Å². The van der Waals surface area contributed by atoms with Gasteiger partial charge in [-0.15, -0.1) is 0 Å². The fraction of sp³-hybridized carbons (Fsp3) is 0.441. The summed E-state index contributed by atoms with van der Waals surface area (Å²) < 4.78 is 45.3. The number of hydrogen-bond donors (Lipinski definition) is 1. The molecule has 0 unspecified atom stereocenters. The van der Waals surface area contributed by atoms with Crippen LogP contribution in [0.25, 0.3) is 5.53 Å². The molecule has 2 saturated carbocycles. The zero-order valence-electron chi connectivity index (χ0n) is 44.8. The minimum Gasteiger partial charge on any atom is -0.455 e. The number of nitrogens with zero attached hydrogens (tertiary/aromatic N) is 3. The topological polar surface area (TPSA) is 228 Å². The van der Waals surface area contributed by atoms with E-state index in [-0.39, 0.29) is 48.7 Å². The predicted octanol–water partition coefficient (Wildman–Crippen LogP) is 9.32. The molecule has 3 fully saturated rings. The van der Waals surface area contributed by atoms with Gasteiger partial charge in [0, 0.05) is 30.7 Å². The Kier molecular flexibility index (Phi) is 16.7. The summed E-state index contributed by atoms with van der Waals surface area (Å²) in [4.78, 5) is 83.6. The number of hydrogen-bond acceptors (Lipinski definition) is 15. The molecule has 4 aromatic carbocycles. The highest BCUT2D eigenvalue weighted by molar-refractivity contribution is 6.73. The number of aliphatic hydroxyl groups is 1. The van der Waals surface area contributed by atoms with Crippen LogP contribution in [0, 0.1) is 16.7 Å². The Morgan fingerprint density at radius 3 is 1.88 bits per heavy atom. The van der Waals surface area contributed by atoms with E-state index in [1.54, 1.807) is 100 Å². The molecule has 4 aliphatic rings. The summed E-state index contributed by atoms with van der Waals surface area (Å²) in [6, 6.07) is 36.4. The molecule has 406 valence electrons. The van der Waals surface area contributed by atoms with Crippen molar-refractivity contribution in [3.05, 3.63) is 160 Å². The van der Waals surface area contributed by atoms with E-state index >= 15 is 4.79 Å². The van der Waals surface area contributed by atoms with Crippen molar-refractivity contribution >= 4 is 49.6 Å². The quantitative estimate of drug-likeness (QED) is 0.0143. The second-order valence-electron chi connectivity index (χ2n) is 21.0. The Bertz CT molecular complexity index is 2940. The second-order valence-corrected chi connectivity index (χ2v) is 25.8. The fourth-order valence-electron chi connectivity index (χ4n) is 12.1. The largest absolute Gasteiger partial charge is 0.509 e. The first kappa shape index (κ1) is 56.1. The van der Waals surface area contributed by atoms with Crippen LogP contribution in [-0.4, -0.2) is 108 Å². The molecule has 18 heteroatoms. The number of ketones is 1. The van der Waals surface area contributed by atoms with Gasteiger partial charge in [-0.25, -0.2) is 14.4 Å². The Hall–Kier alpha value is -7.08. The molecular formula is C59H67N3O14Si. The number of oxime groups is 1. The van der Waals surface area contributed by atoms with Gasteiger partial charge in [-0.1, -0.05) is 149 Å². The average molecular weight is 1070 g/mol.